The van der Waals surface area contributed by atoms with E-state index < -0.39 is 21.8 Å². The molecule has 0 aliphatic heterocycles. The summed E-state index contributed by atoms with van der Waals surface area (Å²) >= 11 is 0. The molecule has 2 N–H and O–H groups in total. The molecular formula is C15H23NO4S. The molecule has 118 valence electrons. The van der Waals surface area contributed by atoms with Gasteiger partial charge in [-0.1, -0.05) is 38.1 Å². The van der Waals surface area contributed by atoms with Crippen molar-refractivity contribution in [2.45, 2.75) is 32.2 Å². The third kappa shape index (κ3) is 5.85. The van der Waals surface area contributed by atoms with Crippen LogP contribution >= 0.6 is 0 Å². The van der Waals surface area contributed by atoms with Crippen LogP contribution in [0.5, 0.6) is 0 Å². The van der Waals surface area contributed by atoms with Crippen LogP contribution in [0.4, 0.5) is 0 Å². The zero-order valence-corrected chi connectivity index (χ0v) is 13.5. The molecule has 0 spiro atoms. The average molecular weight is 313 g/mol. The summed E-state index contributed by atoms with van der Waals surface area (Å²) in [5.74, 6) is -0.532. The maximum absolute atomic E-state index is 11.9. The zero-order chi connectivity index (χ0) is 16.0. The Bertz CT molecular complexity index is 564. The van der Waals surface area contributed by atoms with E-state index in [2.05, 4.69) is 18.6 Å². The van der Waals surface area contributed by atoms with Gasteiger partial charge in [0.2, 0.25) is 0 Å². The highest BCUT2D eigenvalue weighted by Crippen LogP contribution is 2.19. The van der Waals surface area contributed by atoms with Crippen LogP contribution in [0.3, 0.4) is 0 Å². The van der Waals surface area contributed by atoms with Crippen LogP contribution in [0.2, 0.25) is 0 Å². The van der Waals surface area contributed by atoms with Gasteiger partial charge in [-0.15, -0.1) is 0 Å². The van der Waals surface area contributed by atoms with E-state index in [0.717, 1.165) is 5.56 Å². The van der Waals surface area contributed by atoms with Crippen molar-refractivity contribution in [1.29, 1.82) is 0 Å². The molecule has 21 heavy (non-hydrogen) atoms. The van der Waals surface area contributed by atoms with E-state index in [9.17, 15) is 13.2 Å². The van der Waals surface area contributed by atoms with Crippen molar-refractivity contribution in [1.82, 2.24) is 0 Å². The first-order chi connectivity index (χ1) is 9.75. The molecule has 0 radical (unpaired) electrons. The van der Waals surface area contributed by atoms with Gasteiger partial charge < -0.3 is 10.5 Å². The fourth-order valence-electron chi connectivity index (χ4n) is 1.92. The van der Waals surface area contributed by atoms with Crippen LogP contribution in [-0.2, 0) is 19.4 Å². The number of benzene rings is 1. The summed E-state index contributed by atoms with van der Waals surface area (Å²) in [5, 5.41) is 0. The highest BCUT2D eigenvalue weighted by atomic mass is 32.2. The fraction of sp³-hybridized carbons (Fsp3) is 0.533. The summed E-state index contributed by atoms with van der Waals surface area (Å²) in [6.45, 7) is 4.18. The maximum atomic E-state index is 11.9. The van der Waals surface area contributed by atoms with Crippen molar-refractivity contribution in [3.63, 3.8) is 0 Å². The summed E-state index contributed by atoms with van der Waals surface area (Å²) in [6.07, 6.45) is -0.141. The molecule has 0 aromatic heterocycles. The number of carbonyl (C=O) groups is 1. The summed E-state index contributed by atoms with van der Waals surface area (Å²) in [6, 6.07) is 7.04. The Morgan fingerprint density at radius 2 is 1.71 bits per heavy atom. The Balaban J connectivity index is 2.67. The van der Waals surface area contributed by atoms with Gasteiger partial charge in [-0.25, -0.2) is 8.42 Å². The van der Waals surface area contributed by atoms with Crippen LogP contribution in [0.1, 0.15) is 43.4 Å². The Labute approximate surface area is 126 Å². The lowest BCUT2D eigenvalue weighted by Gasteiger charge is -2.14. The molecule has 1 aromatic rings. The minimum Gasteiger partial charge on any atom is -0.469 e. The number of ether oxygens (including phenoxy) is 1. The molecule has 5 nitrogen and oxygen atoms in total. The van der Waals surface area contributed by atoms with Crippen LogP contribution in [-0.4, -0.2) is 33.0 Å². The number of sulfone groups is 1. The van der Waals surface area contributed by atoms with Crippen molar-refractivity contribution >= 4 is 15.8 Å². The molecular weight excluding hydrogens is 290 g/mol. The minimum absolute atomic E-state index is 0.141. The number of hydrogen-bond donors (Lipinski definition) is 1. The fourth-order valence-corrected chi connectivity index (χ4v) is 3.31. The topological polar surface area (TPSA) is 86.5 Å². The van der Waals surface area contributed by atoms with E-state index in [0.29, 0.717) is 5.92 Å². The molecule has 0 bridgehead atoms. The average Bonchev–Trinajstić information content (AvgIpc) is 2.44. The predicted molar refractivity (Wildman–Crippen MR) is 82.7 cm³/mol. The quantitative estimate of drug-likeness (QED) is 0.776. The van der Waals surface area contributed by atoms with E-state index in [1.165, 1.54) is 12.7 Å². The summed E-state index contributed by atoms with van der Waals surface area (Å²) in [7, 11) is -2.15. The molecule has 0 aliphatic carbocycles. The first kappa shape index (κ1) is 17.7. The number of esters is 1. The zero-order valence-electron chi connectivity index (χ0n) is 12.7. The molecule has 0 aliphatic rings. The molecule has 0 saturated heterocycles. The smallest absolute Gasteiger partial charge is 0.306 e. The van der Waals surface area contributed by atoms with Gasteiger partial charge in [-0.3, -0.25) is 4.79 Å². The van der Waals surface area contributed by atoms with E-state index in [1.54, 1.807) is 0 Å². The standard InChI is InChI=1S/C15H23NO4S/c1-11(2)12-4-6-13(7-5-12)14(16)10-21(18,19)9-8-15(17)20-3/h4-7,11,14H,8-10,16H2,1-3H3. The Kier molecular flexibility index (Phi) is 6.36. The molecule has 1 atom stereocenters. The molecule has 0 fully saturated rings. The van der Waals surface area contributed by atoms with Gasteiger partial charge >= 0.3 is 5.97 Å². The van der Waals surface area contributed by atoms with E-state index >= 15 is 0 Å². The molecule has 0 saturated carbocycles. The van der Waals surface area contributed by atoms with Gasteiger partial charge in [0.15, 0.2) is 9.84 Å². The van der Waals surface area contributed by atoms with Gasteiger partial charge in [0.05, 0.1) is 25.0 Å². The normalized spacial score (nSPS) is 13.2. The summed E-state index contributed by atoms with van der Waals surface area (Å²) in [5.41, 5.74) is 7.91. The first-order valence-electron chi connectivity index (χ1n) is 6.88. The molecule has 0 amide bonds. The van der Waals surface area contributed by atoms with Crippen molar-refractivity contribution < 1.29 is 17.9 Å². The van der Waals surface area contributed by atoms with E-state index in [-0.39, 0.29) is 17.9 Å². The molecule has 1 rings (SSSR count). The van der Waals surface area contributed by atoms with Gasteiger partial charge in [0, 0.05) is 6.04 Å². The van der Waals surface area contributed by atoms with E-state index in [4.69, 9.17) is 5.73 Å². The lowest BCUT2D eigenvalue weighted by atomic mass is 10.00. The number of methoxy groups -OCH3 is 1. The Morgan fingerprint density at radius 1 is 1.19 bits per heavy atom. The van der Waals surface area contributed by atoms with Gasteiger partial charge in [0.25, 0.3) is 0 Å². The SMILES string of the molecule is COC(=O)CCS(=O)(=O)CC(N)c1ccc(C(C)C)cc1. The van der Waals surface area contributed by atoms with Crippen LogP contribution in [0.25, 0.3) is 0 Å². The Hall–Kier alpha value is -1.40. The minimum atomic E-state index is -3.39. The van der Waals surface area contributed by atoms with Crippen molar-refractivity contribution in [3.05, 3.63) is 35.4 Å². The van der Waals surface area contributed by atoms with Crippen LogP contribution in [0, 0.1) is 0 Å². The van der Waals surface area contributed by atoms with Gasteiger partial charge in [-0.05, 0) is 17.0 Å². The molecule has 1 aromatic carbocycles. The third-order valence-electron chi connectivity index (χ3n) is 3.31. The summed E-state index contributed by atoms with van der Waals surface area (Å²) < 4.78 is 28.3. The van der Waals surface area contributed by atoms with Crippen molar-refractivity contribution in [2.24, 2.45) is 5.73 Å². The highest BCUT2D eigenvalue weighted by molar-refractivity contribution is 7.91. The number of hydrogen-bond acceptors (Lipinski definition) is 5. The molecule has 1 unspecified atom stereocenters. The number of nitrogens with two attached hydrogens (primary N) is 1. The second kappa shape index (κ2) is 7.56. The third-order valence-corrected chi connectivity index (χ3v) is 5.00. The first-order valence-corrected chi connectivity index (χ1v) is 8.70. The molecule has 0 heterocycles. The second-order valence-electron chi connectivity index (χ2n) is 5.37. The maximum Gasteiger partial charge on any atom is 0.306 e. The lowest BCUT2D eigenvalue weighted by Crippen LogP contribution is -2.24. The van der Waals surface area contributed by atoms with Crippen molar-refractivity contribution in [3.8, 4) is 0 Å². The van der Waals surface area contributed by atoms with Crippen LogP contribution < -0.4 is 5.73 Å². The predicted octanol–water partition coefficient (Wildman–Crippen LogP) is 1.79. The highest BCUT2D eigenvalue weighted by Gasteiger charge is 2.19. The lowest BCUT2D eigenvalue weighted by molar-refractivity contribution is -0.140. The monoisotopic (exact) mass is 313 g/mol. The van der Waals surface area contributed by atoms with Crippen LogP contribution in [0.15, 0.2) is 24.3 Å². The number of rotatable bonds is 7. The van der Waals surface area contributed by atoms with E-state index in [1.807, 2.05) is 24.3 Å². The molecule has 6 heteroatoms. The largest absolute Gasteiger partial charge is 0.469 e. The number of carbonyl (C=O) groups excluding carboxylic acids is 1. The van der Waals surface area contributed by atoms with Crippen molar-refractivity contribution in [2.75, 3.05) is 18.6 Å². The second-order valence-corrected chi connectivity index (χ2v) is 7.60. The van der Waals surface area contributed by atoms with Gasteiger partial charge in [-0.2, -0.15) is 0 Å². The summed E-state index contributed by atoms with van der Waals surface area (Å²) in [4.78, 5) is 11.0. The Morgan fingerprint density at radius 3 is 2.19 bits per heavy atom. The van der Waals surface area contributed by atoms with Gasteiger partial charge in [0.1, 0.15) is 0 Å².